The van der Waals surface area contributed by atoms with Crippen molar-refractivity contribution >= 4 is 17.5 Å². The number of ether oxygens (including phenoxy) is 2. The summed E-state index contributed by atoms with van der Waals surface area (Å²) in [6.07, 6.45) is 0. The Morgan fingerprint density at radius 3 is 2.70 bits per heavy atom. The lowest BCUT2D eigenvalue weighted by Crippen LogP contribution is -2.14. The average Bonchev–Trinajstić information content (AvgIpc) is 3.31. The van der Waals surface area contributed by atoms with Crippen LogP contribution in [0.4, 0.5) is 8.78 Å². The smallest absolute Gasteiger partial charge is 0.277 e. The highest BCUT2D eigenvalue weighted by Gasteiger charge is 2.22. The van der Waals surface area contributed by atoms with Gasteiger partial charge in [-0.2, -0.15) is 0 Å². The molecule has 9 heteroatoms. The van der Waals surface area contributed by atoms with Crippen LogP contribution in [0, 0.1) is 11.6 Å². The molecule has 4 rings (SSSR count). The minimum atomic E-state index is -1.07. The normalized spacial score (nSPS) is 13.6. The number of benzene rings is 2. The Kier molecular flexibility index (Phi) is 4.53. The van der Waals surface area contributed by atoms with Crippen molar-refractivity contribution in [2.45, 2.75) is 17.4 Å². The molecule has 0 saturated heterocycles. The van der Waals surface area contributed by atoms with Gasteiger partial charge in [0.25, 0.3) is 5.22 Å². The number of thioether (sulfide) groups is 1. The number of carbonyl (C=O) groups excluding carboxylic acids is 1. The number of hydrogen-bond acceptors (Lipinski definition) is 7. The van der Waals surface area contributed by atoms with E-state index in [0.717, 1.165) is 23.9 Å². The molecule has 2 aromatic carbocycles. The monoisotopic (exact) mass is 390 g/mol. The molecular formula is C18H12F2N2O4S. The van der Waals surface area contributed by atoms with Crippen LogP contribution in [0.1, 0.15) is 17.3 Å². The molecule has 6 nitrogen and oxygen atoms in total. The van der Waals surface area contributed by atoms with Crippen LogP contribution in [-0.4, -0.2) is 28.0 Å². The van der Waals surface area contributed by atoms with E-state index in [0.29, 0.717) is 17.1 Å². The molecule has 0 radical (unpaired) electrons. The van der Waals surface area contributed by atoms with Gasteiger partial charge in [0.05, 0.1) is 5.25 Å². The second-order valence-corrected chi connectivity index (χ2v) is 6.99. The molecule has 3 aromatic rings. The standard InChI is InChI=1S/C18H12F2N2O4S/c1-9(16(23)10-2-4-12(19)13(20)6-10)27-18-22-21-17(26-18)11-3-5-14-15(7-11)25-8-24-14/h2-7,9H,8H2,1H3/t9-/m1/s1. The van der Waals surface area contributed by atoms with E-state index in [9.17, 15) is 13.6 Å². The van der Waals surface area contributed by atoms with Gasteiger partial charge in [0.2, 0.25) is 12.7 Å². The van der Waals surface area contributed by atoms with Crippen LogP contribution in [0.15, 0.2) is 46.0 Å². The summed E-state index contributed by atoms with van der Waals surface area (Å²) in [5.41, 5.74) is 0.725. The molecule has 1 atom stereocenters. The molecule has 0 N–H and O–H groups in total. The first-order chi connectivity index (χ1) is 13.0. The van der Waals surface area contributed by atoms with Crippen molar-refractivity contribution in [1.29, 1.82) is 0 Å². The molecule has 1 aromatic heterocycles. The van der Waals surface area contributed by atoms with Crippen molar-refractivity contribution in [3.8, 4) is 23.0 Å². The number of halogens is 2. The minimum absolute atomic E-state index is 0.0735. The first kappa shape index (κ1) is 17.5. The van der Waals surface area contributed by atoms with E-state index in [1.165, 1.54) is 6.07 Å². The number of fused-ring (bicyclic) bond motifs is 1. The largest absolute Gasteiger partial charge is 0.454 e. The molecule has 27 heavy (non-hydrogen) atoms. The highest BCUT2D eigenvalue weighted by molar-refractivity contribution is 8.00. The Balaban J connectivity index is 1.48. The quantitative estimate of drug-likeness (QED) is 0.479. The molecule has 0 aliphatic carbocycles. The van der Waals surface area contributed by atoms with Crippen molar-refractivity contribution in [2.24, 2.45) is 0 Å². The number of ketones is 1. The van der Waals surface area contributed by atoms with Crippen LogP contribution >= 0.6 is 11.8 Å². The van der Waals surface area contributed by atoms with Gasteiger partial charge in [-0.15, -0.1) is 10.2 Å². The molecule has 0 saturated carbocycles. The maximum atomic E-state index is 13.3. The molecule has 138 valence electrons. The summed E-state index contributed by atoms with van der Waals surface area (Å²) in [7, 11) is 0. The lowest BCUT2D eigenvalue weighted by atomic mass is 10.1. The van der Waals surface area contributed by atoms with Crippen LogP contribution in [0.2, 0.25) is 0 Å². The molecule has 0 spiro atoms. The summed E-state index contributed by atoms with van der Waals surface area (Å²) in [6.45, 7) is 1.78. The molecule has 1 aliphatic rings. The Morgan fingerprint density at radius 1 is 1.07 bits per heavy atom. The second kappa shape index (κ2) is 6.99. The van der Waals surface area contributed by atoms with Crippen LogP contribution in [-0.2, 0) is 0 Å². The topological polar surface area (TPSA) is 74.5 Å². The summed E-state index contributed by atoms with van der Waals surface area (Å²) in [5.74, 6) is -0.955. The van der Waals surface area contributed by atoms with E-state index < -0.39 is 16.9 Å². The van der Waals surface area contributed by atoms with Crippen LogP contribution < -0.4 is 9.47 Å². The van der Waals surface area contributed by atoms with Gasteiger partial charge < -0.3 is 13.9 Å². The Hall–Kier alpha value is -2.94. The van der Waals surface area contributed by atoms with Crippen molar-refractivity contribution in [3.63, 3.8) is 0 Å². The average molecular weight is 390 g/mol. The number of Topliss-reactive ketones (excluding diaryl/α,β-unsaturated/α-hetero) is 1. The molecule has 0 amide bonds. The fourth-order valence-electron chi connectivity index (χ4n) is 2.49. The highest BCUT2D eigenvalue weighted by atomic mass is 32.2. The fourth-order valence-corrected chi connectivity index (χ4v) is 3.25. The van der Waals surface area contributed by atoms with Gasteiger partial charge in [-0.05, 0) is 43.3 Å². The summed E-state index contributed by atoms with van der Waals surface area (Å²) in [5, 5.41) is 7.45. The predicted molar refractivity (Wildman–Crippen MR) is 91.9 cm³/mol. The van der Waals surface area contributed by atoms with E-state index in [1.807, 2.05) is 0 Å². The van der Waals surface area contributed by atoms with Crippen LogP contribution in [0.5, 0.6) is 11.5 Å². The number of nitrogens with zero attached hydrogens (tertiary/aromatic N) is 2. The number of rotatable bonds is 5. The maximum absolute atomic E-state index is 13.3. The molecule has 0 unspecified atom stereocenters. The van der Waals surface area contributed by atoms with E-state index in [4.69, 9.17) is 13.9 Å². The fraction of sp³-hybridized carbons (Fsp3) is 0.167. The van der Waals surface area contributed by atoms with E-state index in [-0.39, 0.29) is 29.3 Å². The van der Waals surface area contributed by atoms with Crippen molar-refractivity contribution in [2.75, 3.05) is 6.79 Å². The summed E-state index contributed by atoms with van der Waals surface area (Å²) in [6, 6.07) is 8.25. The summed E-state index contributed by atoms with van der Waals surface area (Å²) >= 11 is 1.04. The first-order valence-corrected chi connectivity index (χ1v) is 8.78. The molecular weight excluding hydrogens is 378 g/mol. The summed E-state index contributed by atoms with van der Waals surface area (Å²) in [4.78, 5) is 12.4. The lowest BCUT2D eigenvalue weighted by Gasteiger charge is -2.07. The van der Waals surface area contributed by atoms with Gasteiger partial charge in [-0.3, -0.25) is 4.79 Å². The molecule has 0 fully saturated rings. The molecule has 0 bridgehead atoms. The molecule has 2 heterocycles. The van der Waals surface area contributed by atoms with Crippen molar-refractivity contribution in [3.05, 3.63) is 53.6 Å². The maximum Gasteiger partial charge on any atom is 0.277 e. The van der Waals surface area contributed by atoms with E-state index in [2.05, 4.69) is 10.2 Å². The second-order valence-electron chi connectivity index (χ2n) is 5.69. The Bertz CT molecular complexity index is 1020. The Labute approximate surface area is 156 Å². The van der Waals surface area contributed by atoms with Gasteiger partial charge in [0.15, 0.2) is 28.9 Å². The zero-order valence-corrected chi connectivity index (χ0v) is 14.8. The van der Waals surface area contributed by atoms with E-state index >= 15 is 0 Å². The number of carbonyl (C=O) groups is 1. The highest BCUT2D eigenvalue weighted by Crippen LogP contribution is 2.36. The van der Waals surface area contributed by atoms with Gasteiger partial charge >= 0.3 is 0 Å². The van der Waals surface area contributed by atoms with Crippen LogP contribution in [0.3, 0.4) is 0 Å². The van der Waals surface area contributed by atoms with E-state index in [1.54, 1.807) is 25.1 Å². The zero-order valence-electron chi connectivity index (χ0n) is 13.9. The molecule has 1 aliphatic heterocycles. The third-order valence-corrected chi connectivity index (χ3v) is 4.81. The van der Waals surface area contributed by atoms with Gasteiger partial charge in [-0.1, -0.05) is 11.8 Å². The first-order valence-electron chi connectivity index (χ1n) is 7.91. The zero-order chi connectivity index (χ0) is 19.0. The predicted octanol–water partition coefficient (Wildman–Crippen LogP) is 4.11. The number of aromatic nitrogens is 2. The minimum Gasteiger partial charge on any atom is -0.454 e. The van der Waals surface area contributed by atoms with Crippen molar-refractivity contribution in [1.82, 2.24) is 10.2 Å². The number of hydrogen-bond donors (Lipinski definition) is 0. The third kappa shape index (κ3) is 3.50. The van der Waals surface area contributed by atoms with Gasteiger partial charge in [-0.25, -0.2) is 8.78 Å². The van der Waals surface area contributed by atoms with Crippen LogP contribution in [0.25, 0.3) is 11.5 Å². The van der Waals surface area contributed by atoms with Crippen molar-refractivity contribution < 1.29 is 27.5 Å². The lowest BCUT2D eigenvalue weighted by molar-refractivity contribution is 0.0993. The van der Waals surface area contributed by atoms with Gasteiger partial charge in [0.1, 0.15) is 0 Å². The third-order valence-electron chi connectivity index (χ3n) is 3.88. The summed E-state index contributed by atoms with van der Waals surface area (Å²) < 4.78 is 42.5. The Morgan fingerprint density at radius 2 is 1.89 bits per heavy atom. The van der Waals surface area contributed by atoms with Gasteiger partial charge in [0, 0.05) is 11.1 Å². The SMILES string of the molecule is C[C@@H](Sc1nnc(-c2ccc3c(c2)OCO3)o1)C(=O)c1ccc(F)c(F)c1.